The summed E-state index contributed by atoms with van der Waals surface area (Å²) in [6, 6.07) is 16.4. The Balaban J connectivity index is 2.12. The van der Waals surface area contributed by atoms with Crippen LogP contribution in [0, 0.1) is 5.41 Å². The molecular formula is C21H22N2. The van der Waals surface area contributed by atoms with E-state index in [4.69, 9.17) is 5.41 Å². The van der Waals surface area contributed by atoms with Crippen LogP contribution in [0.25, 0.3) is 0 Å². The average Bonchev–Trinajstić information content (AvgIpc) is 3.00. The molecule has 0 aliphatic heterocycles. The first-order chi connectivity index (χ1) is 11.1. The van der Waals surface area contributed by atoms with Crippen molar-refractivity contribution in [3.8, 4) is 0 Å². The molecule has 0 radical (unpaired) electrons. The Morgan fingerprint density at radius 1 is 1.04 bits per heavy atom. The van der Waals surface area contributed by atoms with Gasteiger partial charge in [-0.15, -0.1) is 0 Å². The summed E-state index contributed by atoms with van der Waals surface area (Å²) in [5.74, 6) is 0.269. The Hall–Kier alpha value is -2.61. The van der Waals surface area contributed by atoms with E-state index in [1.165, 1.54) is 11.1 Å². The van der Waals surface area contributed by atoms with E-state index < -0.39 is 0 Å². The summed E-state index contributed by atoms with van der Waals surface area (Å²) in [5.41, 5.74) is 6.18. The van der Waals surface area contributed by atoms with Gasteiger partial charge in [0.25, 0.3) is 0 Å². The van der Waals surface area contributed by atoms with Crippen LogP contribution in [0.5, 0.6) is 0 Å². The number of hydrogen-bond acceptors (Lipinski definition) is 2. The van der Waals surface area contributed by atoms with Gasteiger partial charge in [-0.25, -0.2) is 0 Å². The Labute approximate surface area is 138 Å². The van der Waals surface area contributed by atoms with Crippen LogP contribution in [0.15, 0.2) is 72.3 Å². The van der Waals surface area contributed by atoms with Crippen LogP contribution in [0.3, 0.4) is 0 Å². The van der Waals surface area contributed by atoms with Crippen LogP contribution in [0.2, 0.25) is 0 Å². The van der Waals surface area contributed by atoms with Crippen molar-refractivity contribution in [2.75, 3.05) is 19.0 Å². The van der Waals surface area contributed by atoms with Crippen molar-refractivity contribution in [2.45, 2.75) is 12.8 Å². The minimum Gasteiger partial charge on any atom is -0.378 e. The summed E-state index contributed by atoms with van der Waals surface area (Å²) in [5, 5.41) is 8.72. The zero-order valence-electron chi connectivity index (χ0n) is 13.9. The van der Waals surface area contributed by atoms with Crippen LogP contribution >= 0.6 is 0 Å². The lowest BCUT2D eigenvalue weighted by atomic mass is 9.87. The standard InChI is InChI=1S/C21H22N2/c1-15-8-7-11-18(15)19-13-12-17(23(2)3)14-20(19)21(22)16-9-5-4-6-10-16/h4-14,18,22H,1-3H3. The fourth-order valence-corrected chi connectivity index (χ4v) is 2.99. The Morgan fingerprint density at radius 3 is 2.39 bits per heavy atom. The molecule has 0 amide bonds. The molecule has 1 aliphatic rings. The first kappa shape index (κ1) is 15.3. The van der Waals surface area contributed by atoms with E-state index in [2.05, 4.69) is 48.3 Å². The molecule has 2 aromatic carbocycles. The van der Waals surface area contributed by atoms with Crippen molar-refractivity contribution in [3.63, 3.8) is 0 Å². The molecule has 0 aromatic heterocycles. The van der Waals surface area contributed by atoms with E-state index in [1.54, 1.807) is 0 Å². The maximum atomic E-state index is 8.72. The smallest absolute Gasteiger partial charge is 0.0688 e. The molecule has 0 bridgehead atoms. The van der Waals surface area contributed by atoms with Gasteiger partial charge in [-0.1, -0.05) is 60.2 Å². The minimum absolute atomic E-state index is 0.269. The predicted octanol–water partition coefficient (Wildman–Crippen LogP) is 4.77. The highest BCUT2D eigenvalue weighted by Crippen LogP contribution is 2.34. The van der Waals surface area contributed by atoms with Crippen molar-refractivity contribution in [2.24, 2.45) is 0 Å². The molecule has 0 fully saturated rings. The second kappa shape index (κ2) is 6.25. The Morgan fingerprint density at radius 2 is 1.78 bits per heavy atom. The highest BCUT2D eigenvalue weighted by molar-refractivity contribution is 6.12. The summed E-state index contributed by atoms with van der Waals surface area (Å²) in [4.78, 5) is 2.08. The van der Waals surface area contributed by atoms with Gasteiger partial charge in [0.15, 0.2) is 0 Å². The fraction of sp³-hybridized carbons (Fsp3) is 0.190. The lowest BCUT2D eigenvalue weighted by molar-refractivity contribution is 1.00. The monoisotopic (exact) mass is 302 g/mol. The van der Waals surface area contributed by atoms with E-state index >= 15 is 0 Å². The van der Waals surface area contributed by atoms with Crippen molar-refractivity contribution < 1.29 is 0 Å². The third kappa shape index (κ3) is 2.98. The van der Waals surface area contributed by atoms with E-state index in [0.29, 0.717) is 5.71 Å². The third-order valence-corrected chi connectivity index (χ3v) is 4.37. The lowest BCUT2D eigenvalue weighted by Gasteiger charge is -2.21. The molecule has 0 spiro atoms. The van der Waals surface area contributed by atoms with Gasteiger partial charge in [-0.2, -0.15) is 0 Å². The normalized spacial score (nSPS) is 16.3. The second-order valence-electron chi connectivity index (χ2n) is 6.18. The maximum Gasteiger partial charge on any atom is 0.0688 e. The summed E-state index contributed by atoms with van der Waals surface area (Å²) in [6.07, 6.45) is 6.47. The summed E-state index contributed by atoms with van der Waals surface area (Å²) in [7, 11) is 4.07. The fourth-order valence-electron chi connectivity index (χ4n) is 2.99. The zero-order chi connectivity index (χ0) is 16.4. The van der Waals surface area contributed by atoms with Crippen molar-refractivity contribution in [3.05, 3.63) is 89.0 Å². The number of nitrogens with one attached hydrogen (secondary N) is 1. The Bertz CT molecular complexity index is 783. The van der Waals surface area contributed by atoms with Crippen molar-refractivity contribution >= 4 is 11.4 Å². The van der Waals surface area contributed by atoms with E-state index in [9.17, 15) is 0 Å². The first-order valence-corrected chi connectivity index (χ1v) is 7.88. The van der Waals surface area contributed by atoms with Crippen LogP contribution < -0.4 is 4.90 Å². The summed E-state index contributed by atoms with van der Waals surface area (Å²) < 4.78 is 0. The molecule has 2 heteroatoms. The van der Waals surface area contributed by atoms with Crippen LogP contribution in [-0.2, 0) is 0 Å². The largest absolute Gasteiger partial charge is 0.378 e. The number of nitrogens with zero attached hydrogens (tertiary/aromatic N) is 1. The van der Waals surface area contributed by atoms with Crippen molar-refractivity contribution in [1.82, 2.24) is 0 Å². The first-order valence-electron chi connectivity index (χ1n) is 7.88. The third-order valence-electron chi connectivity index (χ3n) is 4.37. The van der Waals surface area contributed by atoms with Crippen LogP contribution in [0.1, 0.15) is 29.5 Å². The van der Waals surface area contributed by atoms with Gasteiger partial charge in [0.1, 0.15) is 0 Å². The average molecular weight is 302 g/mol. The molecule has 2 nitrogen and oxygen atoms in total. The summed E-state index contributed by atoms with van der Waals surface area (Å²) >= 11 is 0. The molecule has 1 aliphatic carbocycles. The molecule has 0 heterocycles. The molecule has 0 saturated carbocycles. The van der Waals surface area contributed by atoms with Crippen LogP contribution in [-0.4, -0.2) is 19.8 Å². The topological polar surface area (TPSA) is 27.1 Å². The number of hydrogen-bond donors (Lipinski definition) is 1. The van der Waals surface area contributed by atoms with Crippen molar-refractivity contribution in [1.29, 1.82) is 5.41 Å². The number of anilines is 1. The minimum atomic E-state index is 0.269. The number of rotatable bonds is 4. The van der Waals surface area contributed by atoms with Gasteiger partial charge in [0, 0.05) is 36.8 Å². The van der Waals surface area contributed by atoms with Gasteiger partial charge in [-0.3, -0.25) is 5.41 Å². The molecule has 116 valence electrons. The highest BCUT2D eigenvalue weighted by atomic mass is 15.1. The van der Waals surface area contributed by atoms with Gasteiger partial charge >= 0.3 is 0 Å². The molecule has 0 saturated heterocycles. The number of benzene rings is 2. The number of allylic oxidation sites excluding steroid dienone is 4. The Kier molecular flexibility index (Phi) is 4.16. The van der Waals surface area contributed by atoms with Crippen LogP contribution in [0.4, 0.5) is 5.69 Å². The molecule has 1 N–H and O–H groups in total. The predicted molar refractivity (Wildman–Crippen MR) is 98.8 cm³/mol. The molecule has 3 rings (SSSR count). The van der Waals surface area contributed by atoms with E-state index in [1.807, 2.05) is 44.4 Å². The molecule has 1 unspecified atom stereocenters. The van der Waals surface area contributed by atoms with Gasteiger partial charge < -0.3 is 4.90 Å². The van der Waals surface area contributed by atoms with Gasteiger partial charge in [-0.05, 0) is 24.6 Å². The molecule has 2 aromatic rings. The van der Waals surface area contributed by atoms with Gasteiger partial charge in [0.2, 0.25) is 0 Å². The molecular weight excluding hydrogens is 280 g/mol. The molecule has 23 heavy (non-hydrogen) atoms. The van der Waals surface area contributed by atoms with Gasteiger partial charge in [0.05, 0.1) is 5.71 Å². The molecule has 1 atom stereocenters. The summed E-state index contributed by atoms with van der Waals surface area (Å²) in [6.45, 7) is 2.15. The van der Waals surface area contributed by atoms with E-state index in [0.717, 1.165) is 16.8 Å². The quantitative estimate of drug-likeness (QED) is 0.809. The maximum absolute atomic E-state index is 8.72. The zero-order valence-corrected chi connectivity index (χ0v) is 13.9. The SMILES string of the molecule is CC1=CC=CC1c1ccc(N(C)C)cc1C(=N)c1ccccc1. The highest BCUT2D eigenvalue weighted by Gasteiger charge is 2.20. The van der Waals surface area contributed by atoms with E-state index in [-0.39, 0.29) is 5.92 Å². The second-order valence-corrected chi connectivity index (χ2v) is 6.18. The lowest BCUT2D eigenvalue weighted by Crippen LogP contribution is -2.13.